The summed E-state index contributed by atoms with van der Waals surface area (Å²) in [7, 11) is 4.49. The monoisotopic (exact) mass is 431 g/mol. The van der Waals surface area contributed by atoms with Gasteiger partial charge in [0.15, 0.2) is 11.5 Å². The number of hydrogen-bond donors (Lipinski definition) is 3. The van der Waals surface area contributed by atoms with Gasteiger partial charge in [-0.25, -0.2) is 4.79 Å². The van der Waals surface area contributed by atoms with E-state index in [4.69, 9.17) is 25.8 Å². The van der Waals surface area contributed by atoms with Crippen molar-refractivity contribution in [2.75, 3.05) is 26.6 Å². The number of halogens is 1. The van der Waals surface area contributed by atoms with Crippen molar-refractivity contribution in [2.45, 2.75) is 13.0 Å². The zero-order valence-corrected chi connectivity index (χ0v) is 17.7. The fourth-order valence-electron chi connectivity index (χ4n) is 3.28. The summed E-state index contributed by atoms with van der Waals surface area (Å²) in [6.45, 7) is 1.66. The topological polar surface area (TPSA) is 97.9 Å². The molecule has 0 unspecified atom stereocenters. The third kappa shape index (κ3) is 4.28. The normalized spacial score (nSPS) is 15.8. The molecule has 1 atom stereocenters. The number of anilines is 1. The van der Waals surface area contributed by atoms with Crippen LogP contribution in [0.25, 0.3) is 0 Å². The Labute approximate surface area is 179 Å². The van der Waals surface area contributed by atoms with Gasteiger partial charge in [-0.15, -0.1) is 0 Å². The molecule has 0 fully saturated rings. The van der Waals surface area contributed by atoms with Crippen LogP contribution in [0.1, 0.15) is 18.5 Å². The van der Waals surface area contributed by atoms with Gasteiger partial charge in [0.1, 0.15) is 0 Å². The fraction of sp³-hybridized carbons (Fsp3) is 0.238. The maximum absolute atomic E-state index is 13.1. The molecule has 0 spiro atoms. The zero-order valence-electron chi connectivity index (χ0n) is 17.0. The average Bonchev–Trinajstić information content (AvgIpc) is 2.71. The molecular formula is C21H22ClN3O5. The number of hydrogen-bond acceptors (Lipinski definition) is 5. The van der Waals surface area contributed by atoms with Crippen LogP contribution in [-0.4, -0.2) is 33.3 Å². The summed E-state index contributed by atoms with van der Waals surface area (Å²) in [5, 5.41) is 8.74. The number of ether oxygens (including phenoxy) is 3. The van der Waals surface area contributed by atoms with E-state index >= 15 is 0 Å². The van der Waals surface area contributed by atoms with Gasteiger partial charge in [0.05, 0.1) is 32.9 Å². The van der Waals surface area contributed by atoms with Crippen LogP contribution in [0.2, 0.25) is 5.02 Å². The molecule has 1 aliphatic rings. The van der Waals surface area contributed by atoms with Gasteiger partial charge in [0, 0.05) is 16.4 Å². The molecule has 158 valence electrons. The minimum Gasteiger partial charge on any atom is -0.493 e. The van der Waals surface area contributed by atoms with Crippen molar-refractivity contribution in [3.05, 3.63) is 58.3 Å². The third-order valence-corrected chi connectivity index (χ3v) is 4.85. The van der Waals surface area contributed by atoms with E-state index in [0.717, 1.165) is 0 Å². The second-order valence-corrected chi connectivity index (χ2v) is 6.93. The number of rotatable bonds is 6. The molecule has 0 aliphatic carbocycles. The Bertz CT molecular complexity index is 996. The molecular weight excluding hydrogens is 410 g/mol. The Morgan fingerprint density at radius 1 is 1.07 bits per heavy atom. The lowest BCUT2D eigenvalue weighted by molar-refractivity contribution is -0.113. The van der Waals surface area contributed by atoms with Gasteiger partial charge in [-0.3, -0.25) is 4.79 Å². The van der Waals surface area contributed by atoms with Gasteiger partial charge in [0.25, 0.3) is 5.91 Å². The second-order valence-electron chi connectivity index (χ2n) is 6.49. The summed E-state index contributed by atoms with van der Waals surface area (Å²) in [5.74, 6) is 0.842. The molecule has 9 heteroatoms. The van der Waals surface area contributed by atoms with Crippen LogP contribution in [0.3, 0.4) is 0 Å². The first-order valence-electron chi connectivity index (χ1n) is 9.03. The van der Waals surface area contributed by atoms with E-state index in [1.807, 2.05) is 0 Å². The van der Waals surface area contributed by atoms with E-state index in [2.05, 4.69) is 16.0 Å². The van der Waals surface area contributed by atoms with Gasteiger partial charge >= 0.3 is 6.03 Å². The van der Waals surface area contributed by atoms with Crippen molar-refractivity contribution in [3.63, 3.8) is 0 Å². The lowest BCUT2D eigenvalue weighted by atomic mass is 9.94. The summed E-state index contributed by atoms with van der Waals surface area (Å²) >= 11 is 6.01. The highest BCUT2D eigenvalue weighted by Crippen LogP contribution is 2.41. The summed E-state index contributed by atoms with van der Waals surface area (Å²) < 4.78 is 16.2. The quantitative estimate of drug-likeness (QED) is 0.648. The summed E-state index contributed by atoms with van der Waals surface area (Å²) in [6.07, 6.45) is 0. The lowest BCUT2D eigenvalue weighted by Crippen LogP contribution is -2.46. The molecule has 0 saturated heterocycles. The first kappa shape index (κ1) is 21.3. The average molecular weight is 432 g/mol. The summed E-state index contributed by atoms with van der Waals surface area (Å²) in [6, 6.07) is 9.02. The molecule has 0 bridgehead atoms. The zero-order chi connectivity index (χ0) is 21.8. The molecule has 30 heavy (non-hydrogen) atoms. The van der Waals surface area contributed by atoms with Gasteiger partial charge in [-0.2, -0.15) is 0 Å². The van der Waals surface area contributed by atoms with Gasteiger partial charge in [-0.05, 0) is 42.8 Å². The molecule has 0 saturated carbocycles. The number of urea groups is 1. The number of carbonyl (C=O) groups excluding carboxylic acids is 2. The Kier molecular flexibility index (Phi) is 6.37. The molecule has 3 N–H and O–H groups in total. The standard InChI is InChI=1S/C21H22ClN3O5/c1-11-17(20(26)24-14-7-5-6-13(22)10-14)18(25-21(27)23-11)12-8-15(28-2)19(30-4)16(9-12)29-3/h5-10,18H,1-4H3,(H,24,26)(H2,23,25,27)/t18-/m0/s1. The number of amides is 3. The molecule has 0 aromatic heterocycles. The molecule has 2 aromatic rings. The minimum absolute atomic E-state index is 0.337. The van der Waals surface area contributed by atoms with Crippen LogP contribution in [0, 0.1) is 0 Å². The largest absolute Gasteiger partial charge is 0.493 e. The van der Waals surface area contributed by atoms with E-state index < -0.39 is 12.1 Å². The molecule has 1 aliphatic heterocycles. The number of carbonyl (C=O) groups is 2. The SMILES string of the molecule is COc1cc([C@@H]2NC(=O)NC(C)=C2C(=O)Nc2cccc(Cl)c2)cc(OC)c1OC. The van der Waals surface area contributed by atoms with Crippen LogP contribution in [0.15, 0.2) is 47.7 Å². The predicted octanol–water partition coefficient (Wildman–Crippen LogP) is 3.63. The number of benzene rings is 2. The van der Waals surface area contributed by atoms with Gasteiger partial charge in [-0.1, -0.05) is 17.7 Å². The molecule has 3 amide bonds. The predicted molar refractivity (Wildman–Crippen MR) is 113 cm³/mol. The van der Waals surface area contributed by atoms with E-state index in [1.165, 1.54) is 21.3 Å². The Morgan fingerprint density at radius 2 is 1.73 bits per heavy atom. The molecule has 3 rings (SSSR count). The third-order valence-electron chi connectivity index (χ3n) is 4.62. The van der Waals surface area contributed by atoms with E-state index in [-0.39, 0.29) is 5.91 Å². The lowest BCUT2D eigenvalue weighted by Gasteiger charge is -2.29. The van der Waals surface area contributed by atoms with Crippen LogP contribution in [0.5, 0.6) is 17.2 Å². The van der Waals surface area contributed by atoms with E-state index in [9.17, 15) is 9.59 Å². The van der Waals surface area contributed by atoms with Gasteiger partial charge in [0.2, 0.25) is 5.75 Å². The maximum atomic E-state index is 13.1. The fourth-order valence-corrected chi connectivity index (χ4v) is 3.47. The number of allylic oxidation sites excluding steroid dienone is 1. The number of methoxy groups -OCH3 is 3. The van der Waals surface area contributed by atoms with Gasteiger partial charge < -0.3 is 30.2 Å². The van der Waals surface area contributed by atoms with Crippen LogP contribution in [-0.2, 0) is 4.79 Å². The summed E-state index contributed by atoms with van der Waals surface area (Å²) in [5.41, 5.74) is 1.89. The molecule has 8 nitrogen and oxygen atoms in total. The van der Waals surface area contributed by atoms with Crippen LogP contribution >= 0.6 is 11.6 Å². The second kappa shape index (κ2) is 8.96. The van der Waals surface area contributed by atoms with Crippen molar-refractivity contribution in [3.8, 4) is 17.2 Å². The Balaban J connectivity index is 2.04. The van der Waals surface area contributed by atoms with Crippen LogP contribution in [0.4, 0.5) is 10.5 Å². The Morgan fingerprint density at radius 3 is 2.30 bits per heavy atom. The smallest absolute Gasteiger partial charge is 0.319 e. The molecule has 1 heterocycles. The first-order valence-corrected chi connectivity index (χ1v) is 9.40. The van der Waals surface area contributed by atoms with Crippen molar-refractivity contribution in [1.29, 1.82) is 0 Å². The van der Waals surface area contributed by atoms with E-state index in [0.29, 0.717) is 44.8 Å². The molecule has 2 aromatic carbocycles. The maximum Gasteiger partial charge on any atom is 0.319 e. The van der Waals surface area contributed by atoms with Crippen molar-refractivity contribution >= 4 is 29.2 Å². The number of nitrogens with one attached hydrogen (secondary N) is 3. The van der Waals surface area contributed by atoms with Crippen molar-refractivity contribution in [2.24, 2.45) is 0 Å². The van der Waals surface area contributed by atoms with Crippen molar-refractivity contribution < 1.29 is 23.8 Å². The van der Waals surface area contributed by atoms with Crippen LogP contribution < -0.4 is 30.2 Å². The summed E-state index contributed by atoms with van der Waals surface area (Å²) in [4.78, 5) is 25.3. The highest BCUT2D eigenvalue weighted by Gasteiger charge is 2.32. The first-order chi connectivity index (χ1) is 14.4. The highest BCUT2D eigenvalue weighted by molar-refractivity contribution is 6.31. The highest BCUT2D eigenvalue weighted by atomic mass is 35.5. The molecule has 0 radical (unpaired) electrons. The minimum atomic E-state index is -0.744. The Hall–Kier alpha value is -3.39. The van der Waals surface area contributed by atoms with Crippen molar-refractivity contribution in [1.82, 2.24) is 10.6 Å². The van der Waals surface area contributed by atoms with E-state index in [1.54, 1.807) is 43.3 Å².